The topological polar surface area (TPSA) is 64.1 Å². The number of ether oxygens (including phenoxy) is 3. The number of aryl methyl sites for hydroxylation is 1. The molecule has 1 saturated heterocycles. The monoisotopic (exact) mass is 531 g/mol. The number of rotatable bonds is 9. The lowest BCUT2D eigenvalue weighted by Crippen LogP contribution is -2.67. The predicted molar refractivity (Wildman–Crippen MR) is 132 cm³/mol. The van der Waals surface area contributed by atoms with E-state index >= 15 is 0 Å². The van der Waals surface area contributed by atoms with Gasteiger partial charge in [-0.05, 0) is 31.9 Å². The summed E-state index contributed by atoms with van der Waals surface area (Å²) in [5, 5.41) is 7.08. The van der Waals surface area contributed by atoms with Gasteiger partial charge in [0.1, 0.15) is 5.75 Å². The molecule has 1 saturated carbocycles. The van der Waals surface area contributed by atoms with Gasteiger partial charge in [0.05, 0.1) is 19.3 Å². The molecule has 30 heavy (non-hydrogen) atoms. The zero-order chi connectivity index (χ0) is 20.9. The van der Waals surface area contributed by atoms with Crippen molar-refractivity contribution in [3.8, 4) is 5.75 Å². The molecule has 0 aromatic heterocycles. The Balaban J connectivity index is 0.00000320. The van der Waals surface area contributed by atoms with Gasteiger partial charge in [-0.2, -0.15) is 0 Å². The number of fused-ring (bicyclic) bond motifs is 1. The van der Waals surface area contributed by atoms with Crippen LogP contribution in [0.2, 0.25) is 0 Å². The average molecular weight is 531 g/mol. The van der Waals surface area contributed by atoms with Crippen molar-refractivity contribution in [2.24, 2.45) is 16.3 Å². The number of nitrogens with zero attached hydrogens (tertiary/aromatic N) is 1. The maximum Gasteiger partial charge on any atom is 0.191 e. The standard InChI is InChI=1S/C23H37N3O3.HI/c1-6-24-22(26-20-18-10-13-29-21(18)23(20,3)4)25-15-17-9-8-16(2)14-19(17)28-12-7-11-27-5;/h8-9,14,18,20-21H,6-7,10-13,15H2,1-5H3,(H2,24,25,26);1H. The van der Waals surface area contributed by atoms with Crippen molar-refractivity contribution < 1.29 is 14.2 Å². The van der Waals surface area contributed by atoms with E-state index in [-0.39, 0.29) is 29.4 Å². The van der Waals surface area contributed by atoms with Gasteiger partial charge < -0.3 is 24.8 Å². The molecule has 2 fully saturated rings. The number of methoxy groups -OCH3 is 1. The van der Waals surface area contributed by atoms with Crippen LogP contribution >= 0.6 is 24.0 Å². The third kappa shape index (κ3) is 5.79. The first-order valence-electron chi connectivity index (χ1n) is 10.8. The summed E-state index contributed by atoms with van der Waals surface area (Å²) in [6, 6.07) is 6.70. The number of nitrogens with one attached hydrogen (secondary N) is 2. The van der Waals surface area contributed by atoms with Crippen molar-refractivity contribution in [3.05, 3.63) is 29.3 Å². The Bertz CT molecular complexity index is 711. The second-order valence-electron chi connectivity index (χ2n) is 8.69. The molecule has 3 rings (SSSR count). The number of halogens is 1. The van der Waals surface area contributed by atoms with Crippen LogP contribution in [-0.4, -0.2) is 51.6 Å². The summed E-state index contributed by atoms with van der Waals surface area (Å²) in [7, 11) is 1.71. The molecule has 0 radical (unpaired) electrons. The van der Waals surface area contributed by atoms with E-state index in [1.807, 2.05) is 0 Å². The highest BCUT2D eigenvalue weighted by atomic mass is 127. The van der Waals surface area contributed by atoms with Crippen molar-refractivity contribution in [1.29, 1.82) is 0 Å². The van der Waals surface area contributed by atoms with E-state index in [0.717, 1.165) is 43.3 Å². The zero-order valence-electron chi connectivity index (χ0n) is 19.0. The molecular weight excluding hydrogens is 493 g/mol. The van der Waals surface area contributed by atoms with Gasteiger partial charge in [0.15, 0.2) is 5.96 Å². The average Bonchev–Trinajstić information content (AvgIpc) is 3.15. The minimum atomic E-state index is 0. The van der Waals surface area contributed by atoms with Crippen LogP contribution in [0, 0.1) is 18.3 Å². The quantitative estimate of drug-likeness (QED) is 0.219. The molecule has 7 heteroatoms. The lowest BCUT2D eigenvalue weighted by atomic mass is 9.57. The maximum atomic E-state index is 6.01. The normalized spacial score (nSPS) is 24.4. The molecule has 1 aromatic rings. The molecule has 2 N–H and O–H groups in total. The fourth-order valence-electron chi connectivity index (χ4n) is 4.56. The number of hydrogen-bond acceptors (Lipinski definition) is 4. The summed E-state index contributed by atoms with van der Waals surface area (Å²) >= 11 is 0. The third-order valence-corrected chi connectivity index (χ3v) is 6.12. The van der Waals surface area contributed by atoms with E-state index < -0.39 is 0 Å². The van der Waals surface area contributed by atoms with E-state index in [2.05, 4.69) is 56.5 Å². The van der Waals surface area contributed by atoms with Crippen molar-refractivity contribution in [2.75, 3.05) is 33.5 Å². The number of hydrogen-bond donors (Lipinski definition) is 2. The van der Waals surface area contributed by atoms with Crippen LogP contribution in [0.4, 0.5) is 0 Å². The maximum absolute atomic E-state index is 6.01. The Labute approximate surface area is 198 Å². The van der Waals surface area contributed by atoms with E-state index in [1.165, 1.54) is 5.56 Å². The second-order valence-corrected chi connectivity index (χ2v) is 8.69. The summed E-state index contributed by atoms with van der Waals surface area (Å²) in [5.74, 6) is 2.35. The van der Waals surface area contributed by atoms with Crippen LogP contribution in [-0.2, 0) is 16.0 Å². The summed E-state index contributed by atoms with van der Waals surface area (Å²) in [5.41, 5.74) is 2.41. The van der Waals surface area contributed by atoms with Gasteiger partial charge >= 0.3 is 0 Å². The fraction of sp³-hybridized carbons (Fsp3) is 0.696. The van der Waals surface area contributed by atoms with Gasteiger partial charge in [-0.3, -0.25) is 0 Å². The van der Waals surface area contributed by atoms with Crippen LogP contribution < -0.4 is 15.4 Å². The molecule has 0 spiro atoms. The Morgan fingerprint density at radius 3 is 2.83 bits per heavy atom. The molecule has 3 unspecified atom stereocenters. The number of benzene rings is 1. The highest BCUT2D eigenvalue weighted by Crippen LogP contribution is 2.52. The summed E-state index contributed by atoms with van der Waals surface area (Å²) in [6.45, 7) is 12.4. The van der Waals surface area contributed by atoms with Gasteiger partial charge in [-0.1, -0.05) is 26.0 Å². The molecule has 3 atom stereocenters. The molecule has 1 aromatic carbocycles. The van der Waals surface area contributed by atoms with Crippen LogP contribution in [0.3, 0.4) is 0 Å². The minimum Gasteiger partial charge on any atom is -0.493 e. The van der Waals surface area contributed by atoms with E-state index in [4.69, 9.17) is 19.2 Å². The molecule has 1 aliphatic heterocycles. The Kier molecular flexibility index (Phi) is 9.68. The molecule has 6 nitrogen and oxygen atoms in total. The Morgan fingerprint density at radius 1 is 1.30 bits per heavy atom. The highest BCUT2D eigenvalue weighted by Gasteiger charge is 2.59. The molecular formula is C23H38IN3O3. The number of aliphatic imine (C=N–C) groups is 1. The van der Waals surface area contributed by atoms with Gasteiger partial charge in [-0.15, -0.1) is 24.0 Å². The van der Waals surface area contributed by atoms with E-state index in [9.17, 15) is 0 Å². The van der Waals surface area contributed by atoms with E-state index in [1.54, 1.807) is 7.11 Å². The van der Waals surface area contributed by atoms with Crippen LogP contribution in [0.5, 0.6) is 5.75 Å². The van der Waals surface area contributed by atoms with Gasteiger partial charge in [0, 0.05) is 56.2 Å². The Hall–Kier alpha value is -1.06. The molecule has 170 valence electrons. The molecule has 1 aliphatic carbocycles. The predicted octanol–water partition coefficient (Wildman–Crippen LogP) is 3.90. The smallest absolute Gasteiger partial charge is 0.191 e. The van der Waals surface area contributed by atoms with E-state index in [0.29, 0.717) is 37.8 Å². The van der Waals surface area contributed by atoms with Crippen LogP contribution in [0.1, 0.15) is 44.7 Å². The lowest BCUT2D eigenvalue weighted by molar-refractivity contribution is -0.106. The van der Waals surface area contributed by atoms with Crippen LogP contribution in [0.25, 0.3) is 0 Å². The van der Waals surface area contributed by atoms with Crippen LogP contribution in [0.15, 0.2) is 23.2 Å². The first kappa shape index (κ1) is 25.2. The number of guanidine groups is 1. The largest absolute Gasteiger partial charge is 0.493 e. The molecule has 0 amide bonds. The Morgan fingerprint density at radius 2 is 2.10 bits per heavy atom. The third-order valence-electron chi connectivity index (χ3n) is 6.12. The summed E-state index contributed by atoms with van der Waals surface area (Å²) in [4.78, 5) is 4.87. The minimum absolute atomic E-state index is 0. The first-order valence-corrected chi connectivity index (χ1v) is 10.8. The molecule has 1 heterocycles. The van der Waals surface area contributed by atoms with Crippen molar-refractivity contribution in [1.82, 2.24) is 10.6 Å². The summed E-state index contributed by atoms with van der Waals surface area (Å²) < 4.78 is 17.0. The zero-order valence-corrected chi connectivity index (χ0v) is 21.3. The highest BCUT2D eigenvalue weighted by molar-refractivity contribution is 14.0. The first-order chi connectivity index (χ1) is 14.0. The van der Waals surface area contributed by atoms with Gasteiger partial charge in [0.2, 0.25) is 0 Å². The van der Waals surface area contributed by atoms with Crippen molar-refractivity contribution >= 4 is 29.9 Å². The fourth-order valence-corrected chi connectivity index (χ4v) is 4.56. The molecule has 0 bridgehead atoms. The SMILES string of the molecule is CCNC(=NCc1ccc(C)cc1OCCCOC)NC1C2CCOC2C1(C)C.I. The molecule has 2 aliphatic rings. The van der Waals surface area contributed by atoms with Gasteiger partial charge in [0.25, 0.3) is 0 Å². The lowest BCUT2D eigenvalue weighted by Gasteiger charge is -2.54. The van der Waals surface area contributed by atoms with Gasteiger partial charge in [-0.25, -0.2) is 4.99 Å². The second kappa shape index (κ2) is 11.5. The van der Waals surface area contributed by atoms with Crippen molar-refractivity contribution in [2.45, 2.75) is 59.2 Å². The van der Waals surface area contributed by atoms with Crippen molar-refractivity contribution in [3.63, 3.8) is 0 Å². The summed E-state index contributed by atoms with van der Waals surface area (Å²) in [6.07, 6.45) is 2.37.